The number of hydrogen-bond acceptors (Lipinski definition) is 4. The number of halogens is 2. The van der Waals surface area contributed by atoms with Crippen LogP contribution in [-0.4, -0.2) is 36.1 Å². The van der Waals surface area contributed by atoms with Gasteiger partial charge in [-0.05, 0) is 31.4 Å². The first kappa shape index (κ1) is 21.6. The lowest BCUT2D eigenvalue weighted by molar-refractivity contribution is -0.116. The Kier molecular flexibility index (Phi) is 7.11. The van der Waals surface area contributed by atoms with E-state index < -0.39 is 5.91 Å². The van der Waals surface area contributed by atoms with Crippen LogP contribution in [0, 0.1) is 0 Å². The number of nitrogens with one attached hydrogen (secondary N) is 1. The summed E-state index contributed by atoms with van der Waals surface area (Å²) >= 11 is 13.8. The second-order valence-corrected chi connectivity index (χ2v) is 7.98. The van der Waals surface area contributed by atoms with E-state index in [1.54, 1.807) is 30.0 Å². The Morgan fingerprint density at radius 1 is 1.10 bits per heavy atom. The lowest BCUT2D eigenvalue weighted by Crippen LogP contribution is -2.38. The van der Waals surface area contributed by atoms with Crippen molar-refractivity contribution >= 4 is 63.4 Å². The monoisotopic (exact) mass is 450 g/mol. The number of thioether (sulfide) groups is 1. The van der Waals surface area contributed by atoms with Crippen molar-refractivity contribution in [2.45, 2.75) is 12.7 Å². The minimum absolute atomic E-state index is 0.146. The van der Waals surface area contributed by atoms with Crippen molar-refractivity contribution in [1.29, 1.82) is 0 Å². The molecule has 2 aromatic carbocycles. The Hall–Kier alpha value is -2.15. The van der Waals surface area contributed by atoms with E-state index in [9.17, 15) is 9.59 Å². The van der Waals surface area contributed by atoms with Gasteiger partial charge in [0.05, 0.1) is 15.7 Å². The van der Waals surface area contributed by atoms with E-state index in [2.05, 4.69) is 5.32 Å². The molecule has 0 saturated heterocycles. The van der Waals surface area contributed by atoms with E-state index in [0.717, 1.165) is 10.9 Å². The maximum Gasteiger partial charge on any atom is 0.290 e. The summed E-state index contributed by atoms with van der Waals surface area (Å²) < 4.78 is 5.86. The summed E-state index contributed by atoms with van der Waals surface area (Å²) in [6.45, 7) is 2.01. The van der Waals surface area contributed by atoms with Crippen LogP contribution in [0.5, 0.6) is 0 Å². The van der Waals surface area contributed by atoms with Gasteiger partial charge in [-0.2, -0.15) is 11.8 Å². The molecule has 0 bridgehead atoms. The smallest absolute Gasteiger partial charge is 0.290 e. The van der Waals surface area contributed by atoms with Crippen molar-refractivity contribution in [2.75, 3.05) is 24.7 Å². The zero-order valence-electron chi connectivity index (χ0n) is 16.0. The number of amides is 2. The Morgan fingerprint density at radius 3 is 2.45 bits per heavy atom. The summed E-state index contributed by atoms with van der Waals surface area (Å²) in [7, 11) is 0. The van der Waals surface area contributed by atoms with Crippen LogP contribution in [0.1, 0.15) is 23.0 Å². The Labute approximate surface area is 183 Å². The summed E-state index contributed by atoms with van der Waals surface area (Å²) in [6, 6.07) is 12.5. The van der Waals surface area contributed by atoms with E-state index >= 15 is 0 Å². The standard InChI is InChI=1S/C21H20Cl2N2O3S/c1-3-25(11-18(26)24-19-15(22)8-6-9-16(19)23)21(27)20-14(12-29-2)13-7-4-5-10-17(13)28-20/h4-10H,3,11-12H2,1-2H3,(H,24,26). The number of likely N-dealkylation sites (N-methyl/N-ethyl adjacent to an activating group) is 1. The number of anilines is 1. The van der Waals surface area contributed by atoms with Gasteiger partial charge in [-0.1, -0.05) is 47.5 Å². The van der Waals surface area contributed by atoms with Crippen molar-refractivity contribution in [3.8, 4) is 0 Å². The first-order chi connectivity index (χ1) is 14.0. The normalized spacial score (nSPS) is 10.9. The largest absolute Gasteiger partial charge is 0.451 e. The molecule has 2 amide bonds. The highest BCUT2D eigenvalue weighted by Gasteiger charge is 2.26. The minimum atomic E-state index is -0.391. The average Bonchev–Trinajstić information content (AvgIpc) is 3.07. The lowest BCUT2D eigenvalue weighted by Gasteiger charge is -2.20. The second-order valence-electron chi connectivity index (χ2n) is 6.30. The van der Waals surface area contributed by atoms with E-state index in [1.807, 2.05) is 37.4 Å². The quantitative estimate of drug-likeness (QED) is 0.500. The molecule has 3 rings (SSSR count). The van der Waals surface area contributed by atoms with Crippen LogP contribution >= 0.6 is 35.0 Å². The number of benzene rings is 2. The summed E-state index contributed by atoms with van der Waals surface area (Å²) in [4.78, 5) is 27.1. The molecule has 29 heavy (non-hydrogen) atoms. The van der Waals surface area contributed by atoms with Crippen molar-refractivity contribution < 1.29 is 14.0 Å². The van der Waals surface area contributed by atoms with Gasteiger partial charge in [-0.25, -0.2) is 0 Å². The van der Waals surface area contributed by atoms with E-state index in [4.69, 9.17) is 27.6 Å². The van der Waals surface area contributed by atoms with Gasteiger partial charge in [-0.15, -0.1) is 0 Å². The predicted molar refractivity (Wildman–Crippen MR) is 120 cm³/mol. The first-order valence-corrected chi connectivity index (χ1v) is 11.1. The van der Waals surface area contributed by atoms with Gasteiger partial charge >= 0.3 is 0 Å². The highest BCUT2D eigenvalue weighted by Crippen LogP contribution is 2.31. The zero-order valence-corrected chi connectivity index (χ0v) is 18.3. The molecule has 0 spiro atoms. The van der Waals surface area contributed by atoms with Crippen molar-refractivity contribution in [3.63, 3.8) is 0 Å². The third kappa shape index (κ3) is 4.71. The molecule has 1 aromatic heterocycles. The maximum absolute atomic E-state index is 13.2. The Bertz CT molecular complexity index is 1030. The molecule has 8 heteroatoms. The number of hydrogen-bond donors (Lipinski definition) is 1. The molecule has 0 radical (unpaired) electrons. The topological polar surface area (TPSA) is 62.6 Å². The number of fused-ring (bicyclic) bond motifs is 1. The van der Waals surface area contributed by atoms with Crippen molar-refractivity contribution in [1.82, 2.24) is 4.90 Å². The fraction of sp³-hybridized carbons (Fsp3) is 0.238. The molecule has 0 aliphatic rings. The van der Waals surface area contributed by atoms with Crippen LogP contribution in [0.15, 0.2) is 46.9 Å². The zero-order chi connectivity index (χ0) is 21.0. The highest BCUT2D eigenvalue weighted by molar-refractivity contribution is 7.97. The summed E-state index contributed by atoms with van der Waals surface area (Å²) in [5.41, 5.74) is 1.82. The first-order valence-electron chi connectivity index (χ1n) is 8.98. The summed E-state index contributed by atoms with van der Waals surface area (Å²) in [6.07, 6.45) is 1.97. The number of furan rings is 1. The molecule has 1 heterocycles. The molecule has 0 aliphatic carbocycles. The molecule has 0 atom stereocenters. The average molecular weight is 451 g/mol. The van der Waals surface area contributed by atoms with Gasteiger partial charge in [0.2, 0.25) is 5.91 Å². The number of rotatable bonds is 7. The Morgan fingerprint density at radius 2 is 1.79 bits per heavy atom. The molecule has 0 unspecified atom stereocenters. The second kappa shape index (κ2) is 9.57. The molecule has 0 fully saturated rings. The fourth-order valence-corrected chi connectivity index (χ4v) is 4.07. The minimum Gasteiger partial charge on any atom is -0.451 e. The molecule has 152 valence electrons. The molecule has 0 aliphatic heterocycles. The van der Waals surface area contributed by atoms with Crippen molar-refractivity contribution in [2.24, 2.45) is 0 Å². The van der Waals surface area contributed by atoms with E-state index in [0.29, 0.717) is 33.6 Å². The number of carbonyl (C=O) groups is 2. The van der Waals surface area contributed by atoms with Crippen LogP contribution in [0.4, 0.5) is 5.69 Å². The molecule has 0 saturated carbocycles. The summed E-state index contributed by atoms with van der Waals surface area (Å²) in [5.74, 6) is 0.189. The number of para-hydroxylation sites is 2. The van der Waals surface area contributed by atoms with Crippen LogP contribution in [-0.2, 0) is 10.5 Å². The third-order valence-electron chi connectivity index (χ3n) is 4.41. The predicted octanol–water partition coefficient (Wildman–Crippen LogP) is 5.70. The molecule has 3 aromatic rings. The summed E-state index contributed by atoms with van der Waals surface area (Å²) in [5, 5.41) is 4.26. The number of nitrogens with zero attached hydrogens (tertiary/aromatic N) is 1. The van der Waals surface area contributed by atoms with Gasteiger partial charge in [0.1, 0.15) is 12.1 Å². The van der Waals surface area contributed by atoms with Gasteiger partial charge in [0, 0.05) is 23.2 Å². The third-order valence-corrected chi connectivity index (χ3v) is 5.62. The van der Waals surface area contributed by atoms with E-state index in [1.165, 1.54) is 4.90 Å². The van der Waals surface area contributed by atoms with Gasteiger partial charge in [0.15, 0.2) is 5.76 Å². The van der Waals surface area contributed by atoms with Gasteiger partial charge < -0.3 is 14.6 Å². The van der Waals surface area contributed by atoms with Crippen molar-refractivity contribution in [3.05, 3.63) is 63.8 Å². The SMILES string of the molecule is CCN(CC(=O)Nc1c(Cl)cccc1Cl)C(=O)c1oc2ccccc2c1CSC. The maximum atomic E-state index is 13.2. The molecule has 5 nitrogen and oxygen atoms in total. The molecular formula is C21H20Cl2N2O3S. The van der Waals surface area contributed by atoms with Crippen LogP contribution in [0.3, 0.4) is 0 Å². The van der Waals surface area contributed by atoms with Crippen LogP contribution in [0.2, 0.25) is 10.0 Å². The Balaban J connectivity index is 1.83. The number of carbonyl (C=O) groups excluding carboxylic acids is 2. The van der Waals surface area contributed by atoms with Crippen LogP contribution < -0.4 is 5.32 Å². The van der Waals surface area contributed by atoms with Gasteiger partial charge in [0.25, 0.3) is 5.91 Å². The fourth-order valence-electron chi connectivity index (χ4n) is 3.00. The molecule has 1 N–H and O–H groups in total. The van der Waals surface area contributed by atoms with Crippen LogP contribution in [0.25, 0.3) is 11.0 Å². The van der Waals surface area contributed by atoms with E-state index in [-0.39, 0.29) is 18.2 Å². The lowest BCUT2D eigenvalue weighted by atomic mass is 10.1. The highest BCUT2D eigenvalue weighted by atomic mass is 35.5. The van der Waals surface area contributed by atoms with Gasteiger partial charge in [-0.3, -0.25) is 9.59 Å². The molecular weight excluding hydrogens is 431 g/mol.